The predicted octanol–water partition coefficient (Wildman–Crippen LogP) is 3.21. The molecule has 1 amide bonds. The quantitative estimate of drug-likeness (QED) is 0.911. The van der Waals surface area contributed by atoms with Crippen LogP contribution >= 0.6 is 0 Å². The van der Waals surface area contributed by atoms with Crippen LogP contribution in [-0.2, 0) is 0 Å². The van der Waals surface area contributed by atoms with Crippen molar-refractivity contribution in [3.05, 3.63) is 30.0 Å². The Hall–Kier alpha value is -1.84. The topological polar surface area (TPSA) is 49.0 Å². The molecule has 1 aromatic heterocycles. The van der Waals surface area contributed by atoms with E-state index in [1.54, 1.807) is 6.20 Å². The Bertz CT molecular complexity index is 619. The number of rotatable bonds is 2. The Morgan fingerprint density at radius 3 is 2.95 bits per heavy atom. The highest BCUT2D eigenvalue weighted by atomic mass is 16.2. The number of nitrogens with one attached hydrogen (secondary N) is 1. The van der Waals surface area contributed by atoms with Crippen LogP contribution in [0.1, 0.15) is 43.0 Å². The van der Waals surface area contributed by atoms with Gasteiger partial charge in [0, 0.05) is 18.5 Å². The first-order valence-corrected chi connectivity index (χ1v) is 7.37. The molecule has 1 aliphatic rings. The Morgan fingerprint density at radius 2 is 2.15 bits per heavy atom. The summed E-state index contributed by atoms with van der Waals surface area (Å²) in [5, 5.41) is 7.96. The van der Waals surface area contributed by atoms with Crippen LogP contribution in [-0.4, -0.2) is 34.1 Å². The van der Waals surface area contributed by atoms with Crippen molar-refractivity contribution < 1.29 is 4.79 Å². The first-order valence-electron chi connectivity index (χ1n) is 7.37. The zero-order chi connectivity index (χ0) is 14.1. The van der Waals surface area contributed by atoms with Gasteiger partial charge in [-0.2, -0.15) is 5.10 Å². The summed E-state index contributed by atoms with van der Waals surface area (Å²) in [4.78, 5) is 14.7. The van der Waals surface area contributed by atoms with Crippen molar-refractivity contribution >= 4 is 16.8 Å². The van der Waals surface area contributed by atoms with Gasteiger partial charge in [0.25, 0.3) is 5.91 Å². The number of benzene rings is 1. The van der Waals surface area contributed by atoms with Gasteiger partial charge in [0.15, 0.2) is 0 Å². The summed E-state index contributed by atoms with van der Waals surface area (Å²) >= 11 is 0. The second-order valence-electron chi connectivity index (χ2n) is 5.88. The monoisotopic (exact) mass is 271 g/mol. The molecule has 0 aliphatic heterocycles. The summed E-state index contributed by atoms with van der Waals surface area (Å²) in [7, 11) is 1.93. The molecule has 1 heterocycles. The van der Waals surface area contributed by atoms with Crippen LogP contribution in [0.5, 0.6) is 0 Å². The molecular formula is C16H21N3O. The van der Waals surface area contributed by atoms with Gasteiger partial charge in [0.05, 0.1) is 17.3 Å². The maximum absolute atomic E-state index is 12.8. The van der Waals surface area contributed by atoms with Gasteiger partial charge in [-0.05, 0) is 24.8 Å². The zero-order valence-electron chi connectivity index (χ0n) is 12.1. The summed E-state index contributed by atoms with van der Waals surface area (Å²) in [5.41, 5.74) is 1.56. The number of hydrogen-bond donors (Lipinski definition) is 1. The molecular weight excluding hydrogens is 250 g/mol. The molecule has 1 fully saturated rings. The van der Waals surface area contributed by atoms with Crippen molar-refractivity contribution in [2.24, 2.45) is 5.92 Å². The third-order valence-corrected chi connectivity index (χ3v) is 4.59. The van der Waals surface area contributed by atoms with E-state index in [0.29, 0.717) is 12.0 Å². The number of carbonyl (C=O) groups is 1. The molecule has 1 N–H and O–H groups in total. The summed E-state index contributed by atoms with van der Waals surface area (Å²) in [6.45, 7) is 2.25. The minimum Gasteiger partial charge on any atom is -0.338 e. The van der Waals surface area contributed by atoms with Gasteiger partial charge in [0.2, 0.25) is 0 Å². The minimum atomic E-state index is 0.0959. The number of aromatic nitrogens is 2. The summed E-state index contributed by atoms with van der Waals surface area (Å²) < 4.78 is 0. The third-order valence-electron chi connectivity index (χ3n) is 4.59. The molecule has 4 nitrogen and oxygen atoms in total. The Balaban J connectivity index is 1.89. The van der Waals surface area contributed by atoms with E-state index in [1.807, 2.05) is 30.1 Å². The van der Waals surface area contributed by atoms with E-state index in [-0.39, 0.29) is 5.91 Å². The average molecular weight is 271 g/mol. The van der Waals surface area contributed by atoms with Crippen LogP contribution in [0.3, 0.4) is 0 Å². The molecule has 1 aliphatic carbocycles. The fourth-order valence-electron chi connectivity index (χ4n) is 3.36. The van der Waals surface area contributed by atoms with E-state index in [2.05, 4.69) is 17.1 Å². The predicted molar refractivity (Wildman–Crippen MR) is 79.6 cm³/mol. The molecule has 1 aromatic carbocycles. The highest BCUT2D eigenvalue weighted by Crippen LogP contribution is 2.29. The average Bonchev–Trinajstić information content (AvgIpc) is 2.94. The molecule has 2 aromatic rings. The van der Waals surface area contributed by atoms with E-state index in [0.717, 1.165) is 22.9 Å². The SMILES string of the molecule is C[C@H]1CCCC[C@H]1N(C)C(=O)c1cccc2cn[nH]c12. The van der Waals surface area contributed by atoms with Gasteiger partial charge in [-0.25, -0.2) is 0 Å². The van der Waals surface area contributed by atoms with Gasteiger partial charge in [-0.3, -0.25) is 9.89 Å². The number of carbonyl (C=O) groups excluding carboxylic acids is 1. The molecule has 3 rings (SSSR count). The van der Waals surface area contributed by atoms with Crippen molar-refractivity contribution in [2.75, 3.05) is 7.05 Å². The van der Waals surface area contributed by atoms with Gasteiger partial charge >= 0.3 is 0 Å². The normalized spacial score (nSPS) is 22.9. The number of para-hydroxylation sites is 1. The van der Waals surface area contributed by atoms with Crippen LogP contribution in [0, 0.1) is 5.92 Å². The first-order chi connectivity index (χ1) is 9.68. The second-order valence-corrected chi connectivity index (χ2v) is 5.88. The van der Waals surface area contributed by atoms with Gasteiger partial charge < -0.3 is 4.90 Å². The van der Waals surface area contributed by atoms with Crippen molar-refractivity contribution in [1.29, 1.82) is 0 Å². The largest absolute Gasteiger partial charge is 0.338 e. The fourth-order valence-corrected chi connectivity index (χ4v) is 3.36. The van der Waals surface area contributed by atoms with Crippen molar-refractivity contribution in [1.82, 2.24) is 15.1 Å². The number of amides is 1. The molecule has 1 saturated carbocycles. The molecule has 20 heavy (non-hydrogen) atoms. The van der Waals surface area contributed by atoms with Crippen molar-refractivity contribution in [2.45, 2.75) is 38.6 Å². The van der Waals surface area contributed by atoms with E-state index in [4.69, 9.17) is 0 Å². The summed E-state index contributed by atoms with van der Waals surface area (Å²) in [5.74, 6) is 0.678. The molecule has 4 heteroatoms. The second kappa shape index (κ2) is 5.27. The maximum atomic E-state index is 12.8. The highest BCUT2D eigenvalue weighted by Gasteiger charge is 2.29. The number of hydrogen-bond acceptors (Lipinski definition) is 2. The first kappa shape index (κ1) is 13.2. The van der Waals surface area contributed by atoms with Gasteiger partial charge in [0.1, 0.15) is 0 Å². The third kappa shape index (κ3) is 2.19. The van der Waals surface area contributed by atoms with Crippen LogP contribution in [0.2, 0.25) is 0 Å². The lowest BCUT2D eigenvalue weighted by molar-refractivity contribution is 0.0630. The number of aromatic amines is 1. The minimum absolute atomic E-state index is 0.0959. The number of fused-ring (bicyclic) bond motifs is 1. The summed E-state index contributed by atoms with van der Waals surface area (Å²) in [6.07, 6.45) is 6.60. The Kier molecular flexibility index (Phi) is 3.47. The van der Waals surface area contributed by atoms with E-state index in [1.165, 1.54) is 19.3 Å². The van der Waals surface area contributed by atoms with E-state index in [9.17, 15) is 4.79 Å². The Labute approximate surface area is 119 Å². The maximum Gasteiger partial charge on any atom is 0.256 e. The zero-order valence-corrected chi connectivity index (χ0v) is 12.1. The lowest BCUT2D eigenvalue weighted by Crippen LogP contribution is -2.42. The van der Waals surface area contributed by atoms with Crippen LogP contribution in [0.4, 0.5) is 0 Å². The Morgan fingerprint density at radius 1 is 1.35 bits per heavy atom. The van der Waals surface area contributed by atoms with Crippen LogP contribution in [0.15, 0.2) is 24.4 Å². The van der Waals surface area contributed by atoms with Crippen LogP contribution < -0.4 is 0 Å². The molecule has 0 spiro atoms. The van der Waals surface area contributed by atoms with Gasteiger partial charge in [-0.15, -0.1) is 0 Å². The number of H-pyrrole nitrogens is 1. The van der Waals surface area contributed by atoms with Gasteiger partial charge in [-0.1, -0.05) is 31.9 Å². The molecule has 0 saturated heterocycles. The fraction of sp³-hybridized carbons (Fsp3) is 0.500. The molecule has 2 atom stereocenters. The highest BCUT2D eigenvalue weighted by molar-refractivity contribution is 6.05. The molecule has 0 unspecified atom stereocenters. The molecule has 0 radical (unpaired) electrons. The lowest BCUT2D eigenvalue weighted by atomic mass is 9.85. The van der Waals surface area contributed by atoms with E-state index < -0.39 is 0 Å². The standard InChI is InChI=1S/C16H21N3O/c1-11-6-3-4-9-14(11)19(2)16(20)13-8-5-7-12-10-17-18-15(12)13/h5,7-8,10-11,14H,3-4,6,9H2,1-2H3,(H,17,18)/t11-,14+/m0/s1. The van der Waals surface area contributed by atoms with Crippen molar-refractivity contribution in [3.63, 3.8) is 0 Å². The van der Waals surface area contributed by atoms with Crippen molar-refractivity contribution in [3.8, 4) is 0 Å². The molecule has 0 bridgehead atoms. The number of nitrogens with zero attached hydrogens (tertiary/aromatic N) is 2. The summed E-state index contributed by atoms with van der Waals surface area (Å²) in [6, 6.07) is 6.13. The molecule has 106 valence electrons. The lowest BCUT2D eigenvalue weighted by Gasteiger charge is -2.36. The van der Waals surface area contributed by atoms with Crippen LogP contribution in [0.25, 0.3) is 10.9 Å². The van der Waals surface area contributed by atoms with E-state index >= 15 is 0 Å². The smallest absolute Gasteiger partial charge is 0.256 e.